The van der Waals surface area contributed by atoms with Crippen LogP contribution in [0.4, 0.5) is 5.69 Å². The normalized spacial score (nSPS) is 18.1. The lowest BCUT2D eigenvalue weighted by molar-refractivity contribution is -0.384. The van der Waals surface area contributed by atoms with Crippen LogP contribution in [0.25, 0.3) is 11.3 Å². The molecule has 2 aromatic carbocycles. The Balaban J connectivity index is 1.33. The van der Waals surface area contributed by atoms with Crippen molar-refractivity contribution >= 4 is 17.8 Å². The number of nitrogens with zero attached hydrogens (tertiary/aromatic N) is 2. The summed E-state index contributed by atoms with van der Waals surface area (Å²) in [4.78, 5) is 22.4. The molecule has 0 radical (unpaired) electrons. The summed E-state index contributed by atoms with van der Waals surface area (Å²) in [5.74, 6) is 1.14. The van der Waals surface area contributed by atoms with Gasteiger partial charge in [0.05, 0.1) is 11.1 Å². The van der Waals surface area contributed by atoms with Crippen LogP contribution in [0.1, 0.15) is 23.7 Å². The molecule has 0 bridgehead atoms. The minimum atomic E-state index is -0.450. The Kier molecular flexibility index (Phi) is 4.72. The summed E-state index contributed by atoms with van der Waals surface area (Å²) in [6.07, 6.45) is 2.27. The van der Waals surface area contributed by atoms with Crippen LogP contribution in [0.5, 0.6) is 0 Å². The fraction of sp³-hybridized carbons (Fsp3) is 0.143. The zero-order chi connectivity index (χ0) is 19.5. The molecule has 1 saturated carbocycles. The summed E-state index contributed by atoms with van der Waals surface area (Å²) in [5, 5.41) is 14.7. The van der Waals surface area contributed by atoms with Gasteiger partial charge < -0.3 is 4.42 Å². The van der Waals surface area contributed by atoms with Gasteiger partial charge in [-0.3, -0.25) is 14.9 Å². The molecule has 0 spiro atoms. The van der Waals surface area contributed by atoms with E-state index in [0.29, 0.717) is 11.5 Å². The number of amides is 1. The molecule has 1 amide bonds. The van der Waals surface area contributed by atoms with Gasteiger partial charge in [0.2, 0.25) is 5.91 Å². The van der Waals surface area contributed by atoms with Crippen LogP contribution in [0.3, 0.4) is 0 Å². The van der Waals surface area contributed by atoms with Gasteiger partial charge in [-0.25, -0.2) is 5.43 Å². The van der Waals surface area contributed by atoms with Crippen molar-refractivity contribution in [3.63, 3.8) is 0 Å². The highest BCUT2D eigenvalue weighted by atomic mass is 16.6. The third kappa shape index (κ3) is 3.83. The number of non-ortho nitro benzene ring substituents is 1. The lowest BCUT2D eigenvalue weighted by Gasteiger charge is -1.99. The summed E-state index contributed by atoms with van der Waals surface area (Å²) in [5.41, 5.74) is 4.47. The van der Waals surface area contributed by atoms with Gasteiger partial charge >= 0.3 is 0 Å². The highest BCUT2D eigenvalue weighted by molar-refractivity contribution is 5.85. The van der Waals surface area contributed by atoms with Crippen molar-refractivity contribution in [2.24, 2.45) is 11.0 Å². The molecule has 2 atom stereocenters. The first-order valence-electron chi connectivity index (χ1n) is 8.84. The first-order valence-corrected chi connectivity index (χ1v) is 8.84. The van der Waals surface area contributed by atoms with E-state index in [9.17, 15) is 14.9 Å². The molecule has 7 heteroatoms. The number of nitro benzene ring substituents is 1. The van der Waals surface area contributed by atoms with Crippen molar-refractivity contribution in [2.75, 3.05) is 0 Å². The Labute approximate surface area is 160 Å². The summed E-state index contributed by atoms with van der Waals surface area (Å²) in [7, 11) is 0. The maximum absolute atomic E-state index is 12.2. The first-order chi connectivity index (χ1) is 13.6. The van der Waals surface area contributed by atoms with E-state index in [2.05, 4.69) is 10.5 Å². The van der Waals surface area contributed by atoms with Gasteiger partial charge in [0.15, 0.2) is 0 Å². The molecule has 4 rings (SSSR count). The molecule has 1 aliphatic rings. The highest BCUT2D eigenvalue weighted by Gasteiger charge is 2.43. The fourth-order valence-corrected chi connectivity index (χ4v) is 3.12. The smallest absolute Gasteiger partial charge is 0.269 e. The van der Waals surface area contributed by atoms with Crippen molar-refractivity contribution in [3.8, 4) is 11.3 Å². The molecule has 1 N–H and O–H groups in total. The van der Waals surface area contributed by atoms with Crippen LogP contribution in [0, 0.1) is 16.0 Å². The van der Waals surface area contributed by atoms with Gasteiger partial charge in [-0.1, -0.05) is 30.3 Å². The second kappa shape index (κ2) is 7.48. The largest absolute Gasteiger partial charge is 0.455 e. The molecule has 1 aliphatic carbocycles. The van der Waals surface area contributed by atoms with E-state index >= 15 is 0 Å². The van der Waals surface area contributed by atoms with Crippen molar-refractivity contribution < 1.29 is 14.1 Å². The Morgan fingerprint density at radius 1 is 1.11 bits per heavy atom. The van der Waals surface area contributed by atoms with Crippen LogP contribution in [-0.2, 0) is 4.79 Å². The quantitative estimate of drug-likeness (QED) is 0.398. The number of furan rings is 1. The minimum Gasteiger partial charge on any atom is -0.455 e. The molecule has 140 valence electrons. The Morgan fingerprint density at radius 3 is 2.57 bits per heavy atom. The van der Waals surface area contributed by atoms with E-state index in [4.69, 9.17) is 4.42 Å². The second-order valence-electron chi connectivity index (χ2n) is 6.60. The highest BCUT2D eigenvalue weighted by Crippen LogP contribution is 2.47. The molecule has 0 saturated heterocycles. The van der Waals surface area contributed by atoms with Crippen LogP contribution in [-0.4, -0.2) is 17.0 Å². The summed E-state index contributed by atoms with van der Waals surface area (Å²) in [6, 6.07) is 19.5. The van der Waals surface area contributed by atoms with Crippen molar-refractivity contribution in [1.82, 2.24) is 5.43 Å². The number of nitrogens with one attached hydrogen (secondary N) is 1. The number of hydrogen-bond acceptors (Lipinski definition) is 5. The number of benzene rings is 2. The monoisotopic (exact) mass is 375 g/mol. The van der Waals surface area contributed by atoms with E-state index in [1.165, 1.54) is 23.9 Å². The number of carbonyl (C=O) groups excluding carboxylic acids is 1. The number of rotatable bonds is 6. The number of hydrogen-bond donors (Lipinski definition) is 1. The van der Waals surface area contributed by atoms with E-state index in [-0.39, 0.29) is 23.4 Å². The predicted octanol–water partition coefficient (Wildman–Crippen LogP) is 4.11. The van der Waals surface area contributed by atoms with E-state index in [1.54, 1.807) is 24.3 Å². The molecule has 3 aromatic rings. The average Bonchev–Trinajstić information content (AvgIpc) is 3.39. The van der Waals surface area contributed by atoms with Gasteiger partial charge in [-0.05, 0) is 42.2 Å². The lowest BCUT2D eigenvalue weighted by atomic mass is 10.1. The maximum atomic E-state index is 12.2. The topological polar surface area (TPSA) is 97.7 Å². The molecular formula is C21H17N3O4. The molecule has 1 aromatic heterocycles. The van der Waals surface area contributed by atoms with E-state index in [1.807, 2.05) is 30.3 Å². The number of nitro groups is 1. The predicted molar refractivity (Wildman–Crippen MR) is 104 cm³/mol. The van der Waals surface area contributed by atoms with Crippen LogP contribution < -0.4 is 5.43 Å². The minimum absolute atomic E-state index is 0.0219. The third-order valence-corrected chi connectivity index (χ3v) is 4.71. The van der Waals surface area contributed by atoms with Gasteiger partial charge in [0.1, 0.15) is 11.5 Å². The van der Waals surface area contributed by atoms with E-state index < -0.39 is 4.92 Å². The zero-order valence-corrected chi connectivity index (χ0v) is 14.8. The maximum Gasteiger partial charge on any atom is 0.269 e. The molecule has 2 unspecified atom stereocenters. The Bertz CT molecular complexity index is 1030. The van der Waals surface area contributed by atoms with Crippen LogP contribution >= 0.6 is 0 Å². The fourth-order valence-electron chi connectivity index (χ4n) is 3.12. The van der Waals surface area contributed by atoms with Crippen molar-refractivity contribution in [1.29, 1.82) is 0 Å². The van der Waals surface area contributed by atoms with Crippen LogP contribution in [0.2, 0.25) is 0 Å². The molecule has 1 heterocycles. The lowest BCUT2D eigenvalue weighted by Crippen LogP contribution is -2.20. The molecule has 7 nitrogen and oxygen atoms in total. The number of carbonyl (C=O) groups is 1. The van der Waals surface area contributed by atoms with Crippen molar-refractivity contribution in [3.05, 3.63) is 88.2 Å². The summed E-state index contributed by atoms with van der Waals surface area (Å²) < 4.78 is 5.65. The van der Waals surface area contributed by atoms with E-state index in [0.717, 1.165) is 12.0 Å². The standard InChI is InChI=1S/C21H17N3O4/c25-21(19-12-18(19)14-4-2-1-3-5-14)23-22-13-17-10-11-20(28-17)15-6-8-16(9-7-15)24(26)27/h1-11,13,18-19H,12H2,(H,23,25)/b22-13+. The summed E-state index contributed by atoms with van der Waals surface area (Å²) in [6.45, 7) is 0. The molecule has 0 aliphatic heterocycles. The summed E-state index contributed by atoms with van der Waals surface area (Å²) >= 11 is 0. The zero-order valence-electron chi connectivity index (χ0n) is 14.8. The van der Waals surface area contributed by atoms with Crippen LogP contribution in [0.15, 0.2) is 76.2 Å². The molecular weight excluding hydrogens is 358 g/mol. The third-order valence-electron chi connectivity index (χ3n) is 4.71. The van der Waals surface area contributed by atoms with Gasteiger partial charge in [0.25, 0.3) is 5.69 Å². The van der Waals surface area contributed by atoms with Gasteiger partial charge in [-0.2, -0.15) is 5.10 Å². The Hall–Kier alpha value is -3.74. The Morgan fingerprint density at radius 2 is 1.86 bits per heavy atom. The SMILES string of the molecule is O=C(N/N=C/c1ccc(-c2ccc([N+](=O)[O-])cc2)o1)C1CC1c1ccccc1. The second-order valence-corrected chi connectivity index (χ2v) is 6.60. The molecule has 28 heavy (non-hydrogen) atoms. The number of hydrazone groups is 1. The average molecular weight is 375 g/mol. The van der Waals surface area contributed by atoms with Gasteiger partial charge in [-0.15, -0.1) is 0 Å². The van der Waals surface area contributed by atoms with Gasteiger partial charge in [0, 0.05) is 23.6 Å². The first kappa shape index (κ1) is 17.7. The molecule has 1 fully saturated rings. The van der Waals surface area contributed by atoms with Crippen molar-refractivity contribution in [2.45, 2.75) is 12.3 Å².